The number of hydrogen-bond donors (Lipinski definition) is 1. The number of nitrogens with two attached hydrogens (primary N) is 1. The zero-order valence-electron chi connectivity index (χ0n) is 6.87. The zero-order chi connectivity index (χ0) is 8.27. The van der Waals surface area contributed by atoms with Crippen molar-refractivity contribution in [3.05, 3.63) is 12.0 Å². The largest absolute Gasteiger partial charge is 0.384 e. The first-order valence-electron chi connectivity index (χ1n) is 3.59. The molecule has 1 heterocycles. The van der Waals surface area contributed by atoms with Gasteiger partial charge < -0.3 is 15.0 Å². The van der Waals surface area contributed by atoms with Gasteiger partial charge in [-0.2, -0.15) is 0 Å². The van der Waals surface area contributed by atoms with E-state index in [-0.39, 0.29) is 0 Å². The molecule has 0 fully saturated rings. The molecule has 0 bridgehead atoms. The molecule has 0 saturated carbocycles. The van der Waals surface area contributed by atoms with Crippen molar-refractivity contribution in [2.75, 3.05) is 12.3 Å². The molecule has 0 unspecified atom stereocenters. The molecular formula is C7H13N3O. The van der Waals surface area contributed by atoms with Crippen LogP contribution in [0.3, 0.4) is 0 Å². The van der Waals surface area contributed by atoms with Crippen molar-refractivity contribution >= 4 is 5.82 Å². The molecular weight excluding hydrogens is 142 g/mol. The lowest BCUT2D eigenvalue weighted by Gasteiger charge is -2.01. The molecule has 0 aromatic carbocycles. The van der Waals surface area contributed by atoms with E-state index < -0.39 is 0 Å². The minimum absolute atomic E-state index is 0.532. The normalized spacial score (nSPS) is 10.4. The van der Waals surface area contributed by atoms with Crippen molar-refractivity contribution in [2.24, 2.45) is 7.05 Å². The minimum Gasteiger partial charge on any atom is -0.384 e. The van der Waals surface area contributed by atoms with Crippen LogP contribution < -0.4 is 5.73 Å². The molecule has 62 valence electrons. The molecule has 0 aliphatic rings. The van der Waals surface area contributed by atoms with E-state index in [1.807, 2.05) is 18.5 Å². The lowest BCUT2D eigenvalue weighted by molar-refractivity contribution is 0.126. The first-order valence-corrected chi connectivity index (χ1v) is 3.59. The molecule has 1 rings (SSSR count). The summed E-state index contributed by atoms with van der Waals surface area (Å²) < 4.78 is 6.99. The molecule has 0 radical (unpaired) electrons. The molecule has 1 aromatic rings. The van der Waals surface area contributed by atoms with Gasteiger partial charge in [0.25, 0.3) is 0 Å². The fourth-order valence-corrected chi connectivity index (χ4v) is 0.790. The predicted molar refractivity (Wildman–Crippen MR) is 43.0 cm³/mol. The third kappa shape index (κ3) is 1.71. The number of rotatable bonds is 3. The summed E-state index contributed by atoms with van der Waals surface area (Å²) in [5.41, 5.74) is 5.56. The number of ether oxygens (including phenoxy) is 1. The van der Waals surface area contributed by atoms with Crippen molar-refractivity contribution in [1.82, 2.24) is 9.55 Å². The van der Waals surface area contributed by atoms with E-state index in [0.717, 1.165) is 5.82 Å². The van der Waals surface area contributed by atoms with E-state index in [9.17, 15) is 0 Å². The van der Waals surface area contributed by atoms with Gasteiger partial charge in [-0.1, -0.05) is 0 Å². The van der Waals surface area contributed by atoms with Crippen molar-refractivity contribution in [3.63, 3.8) is 0 Å². The average molecular weight is 155 g/mol. The Hall–Kier alpha value is -1.03. The first kappa shape index (κ1) is 8.07. The Balaban J connectivity index is 2.63. The van der Waals surface area contributed by atoms with E-state index in [1.165, 1.54) is 0 Å². The maximum absolute atomic E-state index is 5.56. The third-order valence-electron chi connectivity index (χ3n) is 1.56. The maximum Gasteiger partial charge on any atom is 0.136 e. The van der Waals surface area contributed by atoms with Crippen LogP contribution >= 0.6 is 0 Å². The quantitative estimate of drug-likeness (QED) is 0.693. The van der Waals surface area contributed by atoms with E-state index >= 15 is 0 Å². The Morgan fingerprint density at radius 1 is 1.73 bits per heavy atom. The predicted octanol–water partition coefficient (Wildman–Crippen LogP) is 0.539. The molecule has 0 atom stereocenters. The standard InChI is InChI=1S/C7H13N3O/c1-3-11-5-7-9-4-6(8)10(7)2/h4H,3,5,8H2,1-2H3. The molecule has 0 aliphatic carbocycles. The Morgan fingerprint density at radius 2 is 2.45 bits per heavy atom. The van der Waals surface area contributed by atoms with Crippen molar-refractivity contribution in [2.45, 2.75) is 13.5 Å². The van der Waals surface area contributed by atoms with Gasteiger partial charge in [0, 0.05) is 13.7 Å². The van der Waals surface area contributed by atoms with Crippen LogP contribution in [0.25, 0.3) is 0 Å². The molecule has 0 aliphatic heterocycles. The van der Waals surface area contributed by atoms with Crippen molar-refractivity contribution in [3.8, 4) is 0 Å². The number of anilines is 1. The van der Waals surface area contributed by atoms with Gasteiger partial charge in [-0.05, 0) is 6.92 Å². The highest BCUT2D eigenvalue weighted by Gasteiger charge is 2.01. The summed E-state index contributed by atoms with van der Waals surface area (Å²) in [6, 6.07) is 0. The Kier molecular flexibility index (Phi) is 2.48. The van der Waals surface area contributed by atoms with Gasteiger partial charge in [0.1, 0.15) is 18.2 Å². The van der Waals surface area contributed by atoms with Gasteiger partial charge in [-0.25, -0.2) is 4.98 Å². The molecule has 4 nitrogen and oxygen atoms in total. The lowest BCUT2D eigenvalue weighted by Crippen LogP contribution is -2.03. The van der Waals surface area contributed by atoms with Gasteiger partial charge in [0.05, 0.1) is 6.20 Å². The Bertz CT molecular complexity index is 232. The van der Waals surface area contributed by atoms with Crippen LogP contribution in [0.4, 0.5) is 5.82 Å². The van der Waals surface area contributed by atoms with Crippen LogP contribution in [0, 0.1) is 0 Å². The van der Waals surface area contributed by atoms with Gasteiger partial charge in [0.15, 0.2) is 0 Å². The summed E-state index contributed by atoms with van der Waals surface area (Å²) in [6.07, 6.45) is 1.63. The number of nitrogen functional groups attached to an aromatic ring is 1. The van der Waals surface area contributed by atoms with Crippen LogP contribution in [0.5, 0.6) is 0 Å². The fraction of sp³-hybridized carbons (Fsp3) is 0.571. The van der Waals surface area contributed by atoms with Crippen LogP contribution in [-0.4, -0.2) is 16.2 Å². The molecule has 11 heavy (non-hydrogen) atoms. The average Bonchev–Trinajstić information content (AvgIpc) is 2.31. The van der Waals surface area contributed by atoms with E-state index in [4.69, 9.17) is 10.5 Å². The van der Waals surface area contributed by atoms with Gasteiger partial charge in [-0.3, -0.25) is 0 Å². The minimum atomic E-state index is 0.532. The summed E-state index contributed by atoms with van der Waals surface area (Å²) in [6.45, 7) is 3.18. The van der Waals surface area contributed by atoms with E-state index in [2.05, 4.69) is 4.98 Å². The molecule has 0 saturated heterocycles. The topological polar surface area (TPSA) is 53.1 Å². The molecule has 1 aromatic heterocycles. The van der Waals surface area contributed by atoms with Gasteiger partial charge in [-0.15, -0.1) is 0 Å². The van der Waals surface area contributed by atoms with Crippen LogP contribution in [0.1, 0.15) is 12.7 Å². The summed E-state index contributed by atoms with van der Waals surface area (Å²) in [5.74, 6) is 1.53. The molecule has 0 spiro atoms. The van der Waals surface area contributed by atoms with Crippen LogP contribution in [-0.2, 0) is 18.4 Å². The third-order valence-corrected chi connectivity index (χ3v) is 1.56. The van der Waals surface area contributed by atoms with E-state index in [0.29, 0.717) is 19.0 Å². The Labute approximate surface area is 66.0 Å². The summed E-state index contributed by atoms with van der Waals surface area (Å²) >= 11 is 0. The zero-order valence-corrected chi connectivity index (χ0v) is 6.87. The number of aromatic nitrogens is 2. The monoisotopic (exact) mass is 155 g/mol. The lowest BCUT2D eigenvalue weighted by atomic mass is 10.6. The van der Waals surface area contributed by atoms with Gasteiger partial charge >= 0.3 is 0 Å². The number of imidazole rings is 1. The SMILES string of the molecule is CCOCc1ncc(N)n1C. The summed E-state index contributed by atoms with van der Waals surface area (Å²) in [7, 11) is 1.87. The van der Waals surface area contributed by atoms with Crippen LogP contribution in [0.2, 0.25) is 0 Å². The van der Waals surface area contributed by atoms with Crippen molar-refractivity contribution in [1.29, 1.82) is 0 Å². The smallest absolute Gasteiger partial charge is 0.136 e. The number of nitrogens with zero attached hydrogens (tertiary/aromatic N) is 2. The molecule has 0 amide bonds. The highest BCUT2D eigenvalue weighted by atomic mass is 16.5. The summed E-state index contributed by atoms with van der Waals surface area (Å²) in [5, 5.41) is 0. The van der Waals surface area contributed by atoms with E-state index in [1.54, 1.807) is 6.20 Å². The highest BCUT2D eigenvalue weighted by molar-refractivity contribution is 5.26. The summed E-state index contributed by atoms with van der Waals surface area (Å²) in [4.78, 5) is 4.07. The first-order chi connectivity index (χ1) is 5.25. The number of hydrogen-bond acceptors (Lipinski definition) is 3. The molecule has 2 N–H and O–H groups in total. The van der Waals surface area contributed by atoms with Crippen molar-refractivity contribution < 1.29 is 4.74 Å². The second-order valence-corrected chi connectivity index (χ2v) is 2.30. The highest BCUT2D eigenvalue weighted by Crippen LogP contribution is 2.04. The second-order valence-electron chi connectivity index (χ2n) is 2.30. The van der Waals surface area contributed by atoms with Gasteiger partial charge in [0.2, 0.25) is 0 Å². The fourth-order valence-electron chi connectivity index (χ4n) is 0.790. The van der Waals surface area contributed by atoms with Crippen LogP contribution in [0.15, 0.2) is 6.20 Å². The second kappa shape index (κ2) is 3.39. The molecule has 4 heteroatoms. The maximum atomic E-state index is 5.56. The Morgan fingerprint density at radius 3 is 2.91 bits per heavy atom.